The smallest absolute Gasteiger partial charge is 0.184 e. The first-order chi connectivity index (χ1) is 8.25. The van der Waals surface area contributed by atoms with Crippen molar-refractivity contribution in [2.75, 3.05) is 0 Å². The molecule has 0 aliphatic carbocycles. The van der Waals surface area contributed by atoms with Crippen LogP contribution in [0.1, 0.15) is 5.56 Å². The fraction of sp³-hybridized carbons (Fsp3) is 0.100. The Bertz CT molecular complexity index is 489. The summed E-state index contributed by atoms with van der Waals surface area (Å²) in [5.41, 5.74) is 3.33. The molecule has 0 aliphatic heterocycles. The highest BCUT2D eigenvalue weighted by molar-refractivity contribution is 7.14. The minimum Gasteiger partial charge on any atom is -0.225 e. The third-order valence-corrected chi connectivity index (χ3v) is 2.80. The molecule has 0 spiro atoms. The summed E-state index contributed by atoms with van der Waals surface area (Å²) in [7, 11) is -4.94. The van der Waals surface area contributed by atoms with Crippen LogP contribution in [0, 0.1) is 17.2 Å². The molecule has 1 heterocycles. The van der Waals surface area contributed by atoms with Crippen LogP contribution in [0.2, 0.25) is 4.47 Å². The van der Waals surface area contributed by atoms with Crippen LogP contribution in [0.5, 0.6) is 0 Å². The summed E-state index contributed by atoms with van der Waals surface area (Å²) >= 11 is 7.21. The van der Waals surface area contributed by atoms with E-state index in [1.165, 1.54) is 16.9 Å². The fourth-order valence-electron chi connectivity index (χ4n) is 1.11. The second-order valence-corrected chi connectivity index (χ2v) is 5.43. The standard InChI is InChI=1S/C10H8ClNS.ClHO4/c1-7-2-4-8(5-3-7)9-6-13-10(11)12-9;2-1(3,4)5/h2-6H,1H3;(H,2,3,4,5)/p-1. The van der Waals surface area contributed by atoms with Gasteiger partial charge in [0.2, 0.25) is 0 Å². The molecule has 0 aliphatic rings. The Labute approximate surface area is 115 Å². The molecule has 8 heteroatoms. The van der Waals surface area contributed by atoms with Gasteiger partial charge in [-0.3, -0.25) is 0 Å². The summed E-state index contributed by atoms with van der Waals surface area (Å²) in [6.45, 7) is 2.07. The van der Waals surface area contributed by atoms with Gasteiger partial charge in [0.25, 0.3) is 0 Å². The first kappa shape index (κ1) is 15.3. The van der Waals surface area contributed by atoms with Gasteiger partial charge in [0.05, 0.1) is 5.69 Å². The van der Waals surface area contributed by atoms with E-state index in [9.17, 15) is 0 Å². The SMILES string of the molecule is Cc1ccc(-c2csc(Cl)n2)cc1.[O-][Cl+3]([O-])([O-])[O-]. The highest BCUT2D eigenvalue weighted by Gasteiger charge is 2.01. The molecule has 1 aromatic heterocycles. The average molecular weight is 309 g/mol. The second-order valence-electron chi connectivity index (χ2n) is 3.23. The zero-order chi connectivity index (χ0) is 13.8. The van der Waals surface area contributed by atoms with E-state index in [0.717, 1.165) is 11.3 Å². The molecule has 0 bridgehead atoms. The minimum absolute atomic E-state index is 0.593. The van der Waals surface area contributed by atoms with Gasteiger partial charge >= 0.3 is 0 Å². The van der Waals surface area contributed by atoms with Gasteiger partial charge in [0, 0.05) is 10.9 Å². The van der Waals surface area contributed by atoms with Gasteiger partial charge < -0.3 is 0 Å². The van der Waals surface area contributed by atoms with Crippen molar-refractivity contribution >= 4 is 22.9 Å². The molecule has 0 N–H and O–H groups in total. The lowest BCUT2D eigenvalue weighted by atomic mass is 10.1. The lowest BCUT2D eigenvalue weighted by Gasteiger charge is -2.17. The van der Waals surface area contributed by atoms with Crippen molar-refractivity contribution in [1.82, 2.24) is 4.98 Å². The zero-order valence-electron chi connectivity index (χ0n) is 9.13. The van der Waals surface area contributed by atoms with Gasteiger partial charge in [-0.1, -0.05) is 41.4 Å². The third kappa shape index (κ3) is 6.27. The van der Waals surface area contributed by atoms with Gasteiger partial charge in [0.15, 0.2) is 4.47 Å². The number of hydrogen-bond acceptors (Lipinski definition) is 6. The molecule has 0 radical (unpaired) electrons. The predicted octanol–water partition coefficient (Wildman–Crippen LogP) is -0.984. The van der Waals surface area contributed by atoms with Crippen molar-refractivity contribution in [3.63, 3.8) is 0 Å². The molecule has 1 aromatic carbocycles. The molecule has 5 nitrogen and oxygen atoms in total. The topological polar surface area (TPSA) is 105 Å². The third-order valence-electron chi connectivity index (χ3n) is 1.82. The Balaban J connectivity index is 0.000000280. The molecular formula is C10H8Cl2NO4S-. The average Bonchev–Trinajstić information content (AvgIpc) is 2.63. The summed E-state index contributed by atoms with van der Waals surface area (Å²) in [5, 5.41) is 1.97. The van der Waals surface area contributed by atoms with Gasteiger partial charge in [0.1, 0.15) is 0 Å². The quantitative estimate of drug-likeness (QED) is 0.673. The van der Waals surface area contributed by atoms with Gasteiger partial charge in [-0.05, 0) is 6.92 Å². The number of hydrogen-bond donors (Lipinski definition) is 0. The normalized spacial score (nSPS) is 10.8. The van der Waals surface area contributed by atoms with E-state index in [-0.39, 0.29) is 0 Å². The molecular weight excluding hydrogens is 301 g/mol. The Kier molecular flexibility index (Phi) is 5.48. The fourth-order valence-corrected chi connectivity index (χ4v) is 1.88. The van der Waals surface area contributed by atoms with E-state index in [2.05, 4.69) is 36.2 Å². The molecule has 98 valence electrons. The van der Waals surface area contributed by atoms with E-state index in [0.29, 0.717) is 4.47 Å². The maximum atomic E-state index is 8.49. The Morgan fingerprint density at radius 2 is 1.61 bits per heavy atom. The van der Waals surface area contributed by atoms with Crippen LogP contribution in [0.4, 0.5) is 0 Å². The molecule has 0 saturated heterocycles. The Morgan fingerprint density at radius 3 is 2.00 bits per heavy atom. The van der Waals surface area contributed by atoms with E-state index in [4.69, 9.17) is 30.2 Å². The lowest BCUT2D eigenvalue weighted by Crippen LogP contribution is -2.68. The molecule has 0 unspecified atom stereocenters. The van der Waals surface area contributed by atoms with E-state index in [1.54, 1.807) is 0 Å². The summed E-state index contributed by atoms with van der Waals surface area (Å²) in [5.74, 6) is 0. The number of aryl methyl sites for hydroxylation is 1. The number of benzene rings is 1. The summed E-state index contributed by atoms with van der Waals surface area (Å²) in [4.78, 5) is 4.19. The highest BCUT2D eigenvalue weighted by Crippen LogP contribution is 2.24. The number of nitrogens with zero attached hydrogens (tertiary/aromatic N) is 1. The monoisotopic (exact) mass is 308 g/mol. The Hall–Kier alpha value is -0.730. The molecule has 2 rings (SSSR count). The summed E-state index contributed by atoms with van der Waals surface area (Å²) in [6.07, 6.45) is 0. The zero-order valence-corrected chi connectivity index (χ0v) is 11.5. The van der Waals surface area contributed by atoms with Crippen LogP contribution in [-0.4, -0.2) is 4.98 Å². The summed E-state index contributed by atoms with van der Waals surface area (Å²) < 4.78 is 34.6. The number of aromatic nitrogens is 1. The van der Waals surface area contributed by atoms with Crippen molar-refractivity contribution < 1.29 is 28.9 Å². The minimum atomic E-state index is -4.94. The van der Waals surface area contributed by atoms with Crippen LogP contribution in [-0.2, 0) is 0 Å². The van der Waals surface area contributed by atoms with Crippen molar-refractivity contribution in [3.8, 4) is 11.3 Å². The van der Waals surface area contributed by atoms with Gasteiger partial charge in [-0.15, -0.1) is 21.6 Å². The molecule has 0 fully saturated rings. The van der Waals surface area contributed by atoms with E-state index in [1.807, 2.05) is 5.38 Å². The lowest BCUT2D eigenvalue weighted by molar-refractivity contribution is -2.00. The molecule has 0 saturated carbocycles. The van der Waals surface area contributed by atoms with Crippen molar-refractivity contribution in [2.24, 2.45) is 0 Å². The van der Waals surface area contributed by atoms with Crippen molar-refractivity contribution in [2.45, 2.75) is 6.92 Å². The maximum absolute atomic E-state index is 8.49. The number of rotatable bonds is 1. The number of thiazole rings is 1. The first-order valence-electron chi connectivity index (χ1n) is 4.55. The maximum Gasteiger partial charge on any atom is 0.184 e. The van der Waals surface area contributed by atoms with Crippen LogP contribution in [0.15, 0.2) is 29.6 Å². The first-order valence-corrected chi connectivity index (χ1v) is 7.05. The summed E-state index contributed by atoms with van der Waals surface area (Å²) in [6, 6.07) is 8.26. The second kappa shape index (κ2) is 6.44. The molecule has 18 heavy (non-hydrogen) atoms. The van der Waals surface area contributed by atoms with E-state index >= 15 is 0 Å². The van der Waals surface area contributed by atoms with Crippen LogP contribution in [0.25, 0.3) is 11.3 Å². The molecule has 0 amide bonds. The van der Waals surface area contributed by atoms with Crippen molar-refractivity contribution in [1.29, 1.82) is 0 Å². The van der Waals surface area contributed by atoms with Crippen LogP contribution in [0.3, 0.4) is 0 Å². The van der Waals surface area contributed by atoms with Crippen LogP contribution >= 0.6 is 22.9 Å². The predicted molar refractivity (Wildman–Crippen MR) is 57.3 cm³/mol. The van der Waals surface area contributed by atoms with Crippen molar-refractivity contribution in [3.05, 3.63) is 39.7 Å². The number of halogens is 2. The van der Waals surface area contributed by atoms with Gasteiger partial charge in [-0.2, -0.15) is 0 Å². The largest absolute Gasteiger partial charge is 0.225 e. The van der Waals surface area contributed by atoms with Gasteiger partial charge in [-0.25, -0.2) is 23.6 Å². The molecule has 0 atom stereocenters. The van der Waals surface area contributed by atoms with E-state index < -0.39 is 10.2 Å². The van der Waals surface area contributed by atoms with Crippen LogP contribution < -0.4 is 18.6 Å². The highest BCUT2D eigenvalue weighted by atomic mass is 35.7. The Morgan fingerprint density at radius 1 is 1.11 bits per heavy atom. The molecule has 2 aromatic rings.